The lowest BCUT2D eigenvalue weighted by molar-refractivity contribution is 0.276. The van der Waals surface area contributed by atoms with Crippen molar-refractivity contribution in [3.63, 3.8) is 0 Å². The highest BCUT2D eigenvalue weighted by molar-refractivity contribution is 5.55. The van der Waals surface area contributed by atoms with Gasteiger partial charge in [-0.1, -0.05) is 44.4 Å². The molecule has 2 nitrogen and oxygen atoms in total. The number of nitrogens with one attached hydrogen (secondary N) is 1. The van der Waals surface area contributed by atoms with E-state index in [0.29, 0.717) is 6.04 Å². The number of hydrogen-bond acceptors (Lipinski definition) is 2. The minimum atomic E-state index is 0.642. The molecule has 1 N–H and O–H groups in total. The van der Waals surface area contributed by atoms with Crippen molar-refractivity contribution in [1.82, 2.24) is 5.32 Å². The smallest absolute Gasteiger partial charge is 0.0399 e. The number of para-hydroxylation sites is 1. The van der Waals surface area contributed by atoms with Crippen molar-refractivity contribution >= 4 is 5.69 Å². The van der Waals surface area contributed by atoms with Gasteiger partial charge < -0.3 is 10.2 Å². The second kappa shape index (κ2) is 6.83. The zero-order valence-electron chi connectivity index (χ0n) is 13.6. The van der Waals surface area contributed by atoms with E-state index in [4.69, 9.17) is 0 Å². The Morgan fingerprint density at radius 3 is 2.71 bits per heavy atom. The quantitative estimate of drug-likeness (QED) is 0.904. The summed E-state index contributed by atoms with van der Waals surface area (Å²) in [6.45, 7) is 4.77. The zero-order chi connectivity index (χ0) is 14.7. The summed E-state index contributed by atoms with van der Waals surface area (Å²) in [4.78, 5) is 2.64. The van der Waals surface area contributed by atoms with Crippen LogP contribution in [0.2, 0.25) is 0 Å². The van der Waals surface area contributed by atoms with Gasteiger partial charge in [0.05, 0.1) is 0 Å². The summed E-state index contributed by atoms with van der Waals surface area (Å²) in [5.41, 5.74) is 3.02. The molecule has 0 amide bonds. The standard InChI is InChI=1S/C19H30N2/c1-15-12-17-10-6-7-11-19(17)21(13-15)14-18(20-2)16-8-4-3-5-9-16/h6-7,10-11,15-16,18,20H,3-5,8-9,12-14H2,1-2H3. The number of benzene rings is 1. The van der Waals surface area contributed by atoms with Crippen LogP contribution in [0.15, 0.2) is 24.3 Å². The van der Waals surface area contributed by atoms with E-state index in [2.05, 4.69) is 48.5 Å². The number of likely N-dealkylation sites (N-methyl/N-ethyl adjacent to an activating group) is 1. The normalized spacial score (nSPS) is 24.7. The molecule has 0 bridgehead atoms. The average Bonchev–Trinajstić information content (AvgIpc) is 2.53. The van der Waals surface area contributed by atoms with Crippen molar-refractivity contribution in [3.05, 3.63) is 29.8 Å². The molecule has 116 valence electrons. The SMILES string of the molecule is CNC(CN1CC(C)Cc2ccccc21)C1CCCCC1. The molecule has 0 saturated heterocycles. The van der Waals surface area contributed by atoms with E-state index in [-0.39, 0.29) is 0 Å². The van der Waals surface area contributed by atoms with Crippen molar-refractivity contribution in [2.24, 2.45) is 11.8 Å². The molecule has 1 heterocycles. The van der Waals surface area contributed by atoms with Gasteiger partial charge in [-0.25, -0.2) is 0 Å². The van der Waals surface area contributed by atoms with Crippen LogP contribution in [0.3, 0.4) is 0 Å². The molecular formula is C19H30N2. The summed E-state index contributed by atoms with van der Waals surface area (Å²) in [5, 5.41) is 3.62. The maximum atomic E-state index is 3.62. The Morgan fingerprint density at radius 1 is 1.19 bits per heavy atom. The predicted octanol–water partition coefficient (Wildman–Crippen LogP) is 3.85. The van der Waals surface area contributed by atoms with Crippen molar-refractivity contribution in [3.8, 4) is 0 Å². The topological polar surface area (TPSA) is 15.3 Å². The Labute approximate surface area is 129 Å². The molecule has 0 spiro atoms. The number of anilines is 1. The highest BCUT2D eigenvalue weighted by Crippen LogP contribution is 2.32. The molecule has 1 saturated carbocycles. The minimum Gasteiger partial charge on any atom is -0.369 e. The van der Waals surface area contributed by atoms with Gasteiger partial charge in [0.15, 0.2) is 0 Å². The molecular weight excluding hydrogens is 256 g/mol. The monoisotopic (exact) mass is 286 g/mol. The van der Waals surface area contributed by atoms with Crippen LogP contribution in [0.5, 0.6) is 0 Å². The van der Waals surface area contributed by atoms with Crippen LogP contribution in [0.25, 0.3) is 0 Å². The maximum Gasteiger partial charge on any atom is 0.0399 e. The zero-order valence-corrected chi connectivity index (χ0v) is 13.6. The van der Waals surface area contributed by atoms with E-state index in [1.54, 1.807) is 0 Å². The second-order valence-electron chi connectivity index (χ2n) is 7.14. The molecule has 1 aromatic rings. The maximum absolute atomic E-state index is 3.62. The van der Waals surface area contributed by atoms with Gasteiger partial charge in [-0.15, -0.1) is 0 Å². The summed E-state index contributed by atoms with van der Waals surface area (Å²) in [6.07, 6.45) is 8.36. The minimum absolute atomic E-state index is 0.642. The van der Waals surface area contributed by atoms with Gasteiger partial charge in [0, 0.05) is 24.8 Å². The largest absolute Gasteiger partial charge is 0.369 e. The molecule has 0 radical (unpaired) electrons. The van der Waals surface area contributed by atoms with E-state index in [9.17, 15) is 0 Å². The molecule has 2 unspecified atom stereocenters. The first-order valence-electron chi connectivity index (χ1n) is 8.78. The van der Waals surface area contributed by atoms with Crippen LogP contribution in [0.4, 0.5) is 5.69 Å². The Morgan fingerprint density at radius 2 is 1.95 bits per heavy atom. The lowest BCUT2D eigenvalue weighted by Crippen LogP contribution is -2.47. The van der Waals surface area contributed by atoms with Gasteiger partial charge in [-0.3, -0.25) is 0 Å². The van der Waals surface area contributed by atoms with Crippen LogP contribution < -0.4 is 10.2 Å². The lowest BCUT2D eigenvalue weighted by atomic mass is 9.83. The van der Waals surface area contributed by atoms with E-state index in [1.165, 1.54) is 62.9 Å². The van der Waals surface area contributed by atoms with Crippen molar-refractivity contribution in [2.75, 3.05) is 25.0 Å². The molecule has 0 aromatic heterocycles. The van der Waals surface area contributed by atoms with Gasteiger partial charge >= 0.3 is 0 Å². The molecule has 1 aromatic carbocycles. The van der Waals surface area contributed by atoms with E-state index < -0.39 is 0 Å². The third kappa shape index (κ3) is 3.42. The van der Waals surface area contributed by atoms with Gasteiger partial charge in [-0.05, 0) is 49.8 Å². The van der Waals surface area contributed by atoms with Crippen molar-refractivity contribution in [2.45, 2.75) is 51.5 Å². The van der Waals surface area contributed by atoms with E-state index >= 15 is 0 Å². The van der Waals surface area contributed by atoms with Crippen LogP contribution in [0.1, 0.15) is 44.6 Å². The Bertz CT molecular complexity index is 451. The summed E-state index contributed by atoms with van der Waals surface area (Å²) in [7, 11) is 2.15. The highest BCUT2D eigenvalue weighted by Gasteiger charge is 2.27. The third-order valence-corrected chi connectivity index (χ3v) is 5.44. The first-order chi connectivity index (χ1) is 10.3. The first kappa shape index (κ1) is 14.9. The molecule has 1 fully saturated rings. The fraction of sp³-hybridized carbons (Fsp3) is 0.684. The Kier molecular flexibility index (Phi) is 4.84. The Balaban J connectivity index is 1.73. The number of fused-ring (bicyclic) bond motifs is 1. The highest BCUT2D eigenvalue weighted by atomic mass is 15.2. The summed E-state index contributed by atoms with van der Waals surface area (Å²) >= 11 is 0. The van der Waals surface area contributed by atoms with Crippen LogP contribution in [0, 0.1) is 11.8 Å². The molecule has 2 aliphatic rings. The Hall–Kier alpha value is -1.02. The fourth-order valence-electron chi connectivity index (χ4n) is 4.33. The number of nitrogens with zero attached hydrogens (tertiary/aromatic N) is 1. The van der Waals surface area contributed by atoms with E-state index in [0.717, 1.165) is 11.8 Å². The van der Waals surface area contributed by atoms with Gasteiger partial charge in [0.1, 0.15) is 0 Å². The van der Waals surface area contributed by atoms with Gasteiger partial charge in [-0.2, -0.15) is 0 Å². The number of hydrogen-bond donors (Lipinski definition) is 1. The molecule has 2 heteroatoms. The summed E-state index contributed by atoms with van der Waals surface area (Å²) in [5.74, 6) is 1.64. The van der Waals surface area contributed by atoms with Gasteiger partial charge in [0.25, 0.3) is 0 Å². The second-order valence-corrected chi connectivity index (χ2v) is 7.14. The average molecular weight is 286 g/mol. The summed E-state index contributed by atoms with van der Waals surface area (Å²) < 4.78 is 0. The predicted molar refractivity (Wildman–Crippen MR) is 90.9 cm³/mol. The van der Waals surface area contributed by atoms with Crippen LogP contribution in [-0.2, 0) is 6.42 Å². The van der Waals surface area contributed by atoms with Gasteiger partial charge in [0.2, 0.25) is 0 Å². The molecule has 3 rings (SSSR count). The molecule has 2 atom stereocenters. The molecule has 1 aliphatic carbocycles. The third-order valence-electron chi connectivity index (χ3n) is 5.44. The fourth-order valence-corrected chi connectivity index (χ4v) is 4.33. The van der Waals surface area contributed by atoms with Crippen LogP contribution >= 0.6 is 0 Å². The summed E-state index contributed by atoms with van der Waals surface area (Å²) in [6, 6.07) is 9.65. The van der Waals surface area contributed by atoms with E-state index in [1.807, 2.05) is 0 Å². The van der Waals surface area contributed by atoms with Crippen LogP contribution in [-0.4, -0.2) is 26.2 Å². The molecule has 1 aliphatic heterocycles. The van der Waals surface area contributed by atoms with Crippen molar-refractivity contribution < 1.29 is 0 Å². The lowest BCUT2D eigenvalue weighted by Gasteiger charge is -2.39. The first-order valence-corrected chi connectivity index (χ1v) is 8.78. The molecule has 21 heavy (non-hydrogen) atoms. The number of rotatable bonds is 4. The van der Waals surface area contributed by atoms with Crippen molar-refractivity contribution in [1.29, 1.82) is 0 Å².